The van der Waals surface area contributed by atoms with E-state index in [0.29, 0.717) is 17.9 Å². The predicted molar refractivity (Wildman–Crippen MR) is 75.9 cm³/mol. The minimum atomic E-state index is 0.0236. The summed E-state index contributed by atoms with van der Waals surface area (Å²) in [4.78, 5) is 12.5. The zero-order chi connectivity index (χ0) is 13.7. The first-order chi connectivity index (χ1) is 9.16. The van der Waals surface area contributed by atoms with Crippen molar-refractivity contribution in [1.82, 2.24) is 9.78 Å². The maximum atomic E-state index is 11.4. The van der Waals surface area contributed by atoms with Gasteiger partial charge in [0, 0.05) is 23.9 Å². The summed E-state index contributed by atoms with van der Waals surface area (Å²) in [5.74, 6) is 1.50. The van der Waals surface area contributed by atoms with Gasteiger partial charge in [0.1, 0.15) is 5.75 Å². The fourth-order valence-corrected chi connectivity index (χ4v) is 2.42. The van der Waals surface area contributed by atoms with Crippen LogP contribution in [-0.4, -0.2) is 27.9 Å². The summed E-state index contributed by atoms with van der Waals surface area (Å²) in [6.45, 7) is 2.11. The standard InChI is InChI=1S/C14H16N2O2S/c1-11(17)13-5-3-4-6-14(13)18-7-8-19-12-9-15-16(2)10-12/h3-6,9-10H,7-8H2,1-2H3. The Bertz CT molecular complexity index is 566. The highest BCUT2D eigenvalue weighted by atomic mass is 32.2. The molecule has 0 saturated heterocycles. The van der Waals surface area contributed by atoms with Crippen molar-refractivity contribution in [2.75, 3.05) is 12.4 Å². The average Bonchev–Trinajstić information content (AvgIpc) is 2.81. The largest absolute Gasteiger partial charge is 0.492 e. The maximum Gasteiger partial charge on any atom is 0.163 e. The van der Waals surface area contributed by atoms with Gasteiger partial charge >= 0.3 is 0 Å². The third-order valence-corrected chi connectivity index (χ3v) is 3.47. The van der Waals surface area contributed by atoms with Crippen LogP contribution in [-0.2, 0) is 7.05 Å². The van der Waals surface area contributed by atoms with Gasteiger partial charge in [-0.25, -0.2) is 0 Å². The van der Waals surface area contributed by atoms with Gasteiger partial charge in [0.25, 0.3) is 0 Å². The molecule has 5 heteroatoms. The molecule has 0 aliphatic carbocycles. The van der Waals surface area contributed by atoms with Crippen LogP contribution in [0.4, 0.5) is 0 Å². The number of hydrogen-bond acceptors (Lipinski definition) is 4. The number of ketones is 1. The summed E-state index contributed by atoms with van der Waals surface area (Å²) >= 11 is 1.68. The monoisotopic (exact) mass is 276 g/mol. The van der Waals surface area contributed by atoms with Crippen molar-refractivity contribution in [1.29, 1.82) is 0 Å². The van der Waals surface area contributed by atoms with Crippen LogP contribution >= 0.6 is 11.8 Å². The van der Waals surface area contributed by atoms with Crippen molar-refractivity contribution < 1.29 is 9.53 Å². The van der Waals surface area contributed by atoms with E-state index in [4.69, 9.17) is 4.74 Å². The summed E-state index contributed by atoms with van der Waals surface area (Å²) in [6.07, 6.45) is 3.79. The van der Waals surface area contributed by atoms with Gasteiger partial charge in [0.05, 0.1) is 18.4 Å². The third kappa shape index (κ3) is 3.86. The molecule has 0 saturated carbocycles. The van der Waals surface area contributed by atoms with E-state index in [2.05, 4.69) is 5.10 Å². The van der Waals surface area contributed by atoms with Crippen LogP contribution in [0.3, 0.4) is 0 Å². The highest BCUT2D eigenvalue weighted by Gasteiger charge is 2.07. The lowest BCUT2D eigenvalue weighted by Gasteiger charge is -2.08. The molecule has 4 nitrogen and oxygen atoms in total. The Morgan fingerprint density at radius 1 is 1.42 bits per heavy atom. The number of carbonyl (C=O) groups is 1. The van der Waals surface area contributed by atoms with Crippen LogP contribution in [0.5, 0.6) is 5.75 Å². The lowest BCUT2D eigenvalue weighted by Crippen LogP contribution is -2.04. The molecule has 0 fully saturated rings. The molecular formula is C14H16N2O2S. The smallest absolute Gasteiger partial charge is 0.163 e. The molecule has 0 amide bonds. The number of carbonyl (C=O) groups excluding carboxylic acids is 1. The van der Waals surface area contributed by atoms with Crippen molar-refractivity contribution in [3.8, 4) is 5.75 Å². The van der Waals surface area contributed by atoms with Crippen LogP contribution in [0.25, 0.3) is 0 Å². The molecule has 0 unspecified atom stereocenters. The first-order valence-electron chi connectivity index (χ1n) is 6.01. The molecule has 0 N–H and O–H groups in total. The minimum absolute atomic E-state index is 0.0236. The number of para-hydroxylation sites is 1. The quantitative estimate of drug-likeness (QED) is 0.462. The van der Waals surface area contributed by atoms with E-state index in [-0.39, 0.29) is 5.78 Å². The minimum Gasteiger partial charge on any atom is -0.492 e. The van der Waals surface area contributed by atoms with E-state index in [1.807, 2.05) is 37.6 Å². The van der Waals surface area contributed by atoms with Crippen LogP contribution in [0.15, 0.2) is 41.6 Å². The number of rotatable bonds is 6. The molecule has 0 aliphatic rings. The van der Waals surface area contributed by atoms with Gasteiger partial charge in [-0.1, -0.05) is 12.1 Å². The van der Waals surface area contributed by atoms with Crippen molar-refractivity contribution in [2.24, 2.45) is 7.05 Å². The fraction of sp³-hybridized carbons (Fsp3) is 0.286. The van der Waals surface area contributed by atoms with E-state index < -0.39 is 0 Å². The van der Waals surface area contributed by atoms with Gasteiger partial charge in [0.15, 0.2) is 5.78 Å². The summed E-state index contributed by atoms with van der Waals surface area (Å²) in [6, 6.07) is 7.32. The Kier molecular flexibility index (Phi) is 4.63. The van der Waals surface area contributed by atoms with Crippen LogP contribution < -0.4 is 4.74 Å². The first kappa shape index (κ1) is 13.7. The van der Waals surface area contributed by atoms with Gasteiger partial charge in [-0.3, -0.25) is 9.48 Å². The molecule has 0 radical (unpaired) electrons. The average molecular weight is 276 g/mol. The molecule has 2 rings (SSSR count). The van der Waals surface area contributed by atoms with Gasteiger partial charge in [-0.2, -0.15) is 5.10 Å². The van der Waals surface area contributed by atoms with Crippen molar-refractivity contribution in [3.63, 3.8) is 0 Å². The molecule has 1 aromatic carbocycles. The molecule has 2 aromatic rings. The molecule has 19 heavy (non-hydrogen) atoms. The van der Waals surface area contributed by atoms with E-state index in [1.165, 1.54) is 0 Å². The van der Waals surface area contributed by atoms with Gasteiger partial charge in [0.2, 0.25) is 0 Å². The number of thioether (sulfide) groups is 1. The number of aromatic nitrogens is 2. The highest BCUT2D eigenvalue weighted by molar-refractivity contribution is 7.99. The molecule has 100 valence electrons. The summed E-state index contributed by atoms with van der Waals surface area (Å²) in [5, 5.41) is 4.10. The second-order valence-corrected chi connectivity index (χ2v) is 5.27. The Hall–Kier alpha value is -1.75. The van der Waals surface area contributed by atoms with Crippen LogP contribution in [0.1, 0.15) is 17.3 Å². The van der Waals surface area contributed by atoms with E-state index in [0.717, 1.165) is 10.6 Å². The number of benzene rings is 1. The Labute approximate surface area is 116 Å². The van der Waals surface area contributed by atoms with E-state index in [9.17, 15) is 4.79 Å². The number of ether oxygens (including phenoxy) is 1. The maximum absolute atomic E-state index is 11.4. The normalized spacial score (nSPS) is 10.4. The molecular weight excluding hydrogens is 260 g/mol. The van der Waals surface area contributed by atoms with E-state index >= 15 is 0 Å². The first-order valence-corrected chi connectivity index (χ1v) is 6.99. The van der Waals surface area contributed by atoms with Gasteiger partial charge < -0.3 is 4.74 Å². The van der Waals surface area contributed by atoms with Crippen LogP contribution in [0, 0.1) is 0 Å². The van der Waals surface area contributed by atoms with Crippen molar-refractivity contribution >= 4 is 17.5 Å². The lowest BCUT2D eigenvalue weighted by molar-refractivity contribution is 0.101. The van der Waals surface area contributed by atoms with Crippen molar-refractivity contribution in [3.05, 3.63) is 42.2 Å². The molecule has 0 spiro atoms. The zero-order valence-electron chi connectivity index (χ0n) is 11.0. The Morgan fingerprint density at radius 2 is 2.21 bits per heavy atom. The predicted octanol–water partition coefficient (Wildman–Crippen LogP) is 2.79. The number of Topliss-reactive ketones (excluding diaryl/α,β-unsaturated/α-hetero) is 1. The molecule has 1 heterocycles. The lowest BCUT2D eigenvalue weighted by atomic mass is 10.1. The second kappa shape index (κ2) is 6.43. The van der Waals surface area contributed by atoms with Crippen LogP contribution in [0.2, 0.25) is 0 Å². The number of hydrogen-bond donors (Lipinski definition) is 0. The fourth-order valence-electron chi connectivity index (χ4n) is 1.67. The number of aryl methyl sites for hydroxylation is 1. The zero-order valence-corrected chi connectivity index (χ0v) is 11.8. The second-order valence-electron chi connectivity index (χ2n) is 4.10. The number of nitrogens with zero attached hydrogens (tertiary/aromatic N) is 2. The Morgan fingerprint density at radius 3 is 2.89 bits per heavy atom. The molecule has 0 aliphatic heterocycles. The Balaban J connectivity index is 1.84. The topological polar surface area (TPSA) is 44.1 Å². The third-order valence-electron chi connectivity index (χ3n) is 2.56. The summed E-state index contributed by atoms with van der Waals surface area (Å²) in [7, 11) is 1.89. The molecule has 0 bridgehead atoms. The molecule has 1 aromatic heterocycles. The van der Waals surface area contributed by atoms with Crippen molar-refractivity contribution in [2.45, 2.75) is 11.8 Å². The summed E-state index contributed by atoms with van der Waals surface area (Å²) < 4.78 is 7.43. The highest BCUT2D eigenvalue weighted by Crippen LogP contribution is 2.20. The molecule has 0 atom stereocenters. The van der Waals surface area contributed by atoms with E-state index in [1.54, 1.807) is 29.4 Å². The van der Waals surface area contributed by atoms with Gasteiger partial charge in [-0.15, -0.1) is 11.8 Å². The van der Waals surface area contributed by atoms with Gasteiger partial charge in [-0.05, 0) is 19.1 Å². The summed E-state index contributed by atoms with van der Waals surface area (Å²) in [5.41, 5.74) is 0.633. The SMILES string of the molecule is CC(=O)c1ccccc1OCCSc1cnn(C)c1.